The Morgan fingerprint density at radius 1 is 1.73 bits per heavy atom. The van der Waals surface area contributed by atoms with Gasteiger partial charge >= 0.3 is 0 Å². The average molecular weight is 229 g/mol. The summed E-state index contributed by atoms with van der Waals surface area (Å²) < 4.78 is 3.61. The van der Waals surface area contributed by atoms with Crippen molar-refractivity contribution in [3.05, 3.63) is 11.1 Å². The summed E-state index contributed by atoms with van der Waals surface area (Å²) in [5, 5.41) is 15.2. The first-order valence-corrected chi connectivity index (χ1v) is 5.67. The Labute approximate surface area is 92.7 Å². The van der Waals surface area contributed by atoms with Crippen LogP contribution in [-0.2, 0) is 0 Å². The molecule has 1 rings (SSSR count). The van der Waals surface area contributed by atoms with E-state index in [1.165, 1.54) is 6.20 Å². The van der Waals surface area contributed by atoms with Crippen molar-refractivity contribution in [3.8, 4) is 0 Å². The number of nitrogens with one attached hydrogen (secondary N) is 1. The highest BCUT2D eigenvalue weighted by atomic mass is 32.1. The quantitative estimate of drug-likeness (QED) is 0.703. The van der Waals surface area contributed by atoms with Gasteiger partial charge in [-0.2, -0.15) is 0 Å². The molecule has 1 aromatic heterocycles. The summed E-state index contributed by atoms with van der Waals surface area (Å²) >= 11 is 1.09. The number of aliphatic hydroxyl groups excluding tert-OH is 1. The molecule has 1 heterocycles. The number of carbonyl (C=O) groups is 1. The molecule has 0 aliphatic heterocycles. The van der Waals surface area contributed by atoms with E-state index in [1.54, 1.807) is 0 Å². The Bertz CT molecular complexity index is 290. The molecule has 0 aliphatic carbocycles. The van der Waals surface area contributed by atoms with Gasteiger partial charge in [-0.25, -0.2) is 0 Å². The minimum absolute atomic E-state index is 0.123. The molecular weight excluding hydrogens is 214 g/mol. The van der Waals surface area contributed by atoms with Crippen LogP contribution in [0.25, 0.3) is 0 Å². The van der Waals surface area contributed by atoms with E-state index < -0.39 is 0 Å². The van der Waals surface area contributed by atoms with E-state index in [1.807, 2.05) is 6.92 Å². The molecule has 0 aliphatic rings. The van der Waals surface area contributed by atoms with E-state index in [-0.39, 0.29) is 12.5 Å². The summed E-state index contributed by atoms with van der Waals surface area (Å²) in [6.07, 6.45) is 3.24. The maximum absolute atomic E-state index is 11.4. The first kappa shape index (κ1) is 12.1. The smallest absolute Gasteiger partial charge is 0.264 e. The Kier molecular flexibility index (Phi) is 5.20. The van der Waals surface area contributed by atoms with Crippen LogP contribution >= 0.6 is 11.5 Å². The van der Waals surface area contributed by atoms with Gasteiger partial charge in [-0.1, -0.05) is 11.4 Å². The molecule has 0 aromatic carbocycles. The van der Waals surface area contributed by atoms with Crippen LogP contribution in [0.5, 0.6) is 0 Å². The highest BCUT2D eigenvalue weighted by molar-refractivity contribution is 7.07. The Balaban J connectivity index is 2.13. The van der Waals surface area contributed by atoms with Gasteiger partial charge in [0.1, 0.15) is 4.88 Å². The van der Waals surface area contributed by atoms with Crippen molar-refractivity contribution < 1.29 is 9.90 Å². The third-order valence-electron chi connectivity index (χ3n) is 2.06. The van der Waals surface area contributed by atoms with Gasteiger partial charge in [-0.05, 0) is 30.3 Å². The van der Waals surface area contributed by atoms with Crippen LogP contribution in [0.3, 0.4) is 0 Å². The van der Waals surface area contributed by atoms with Gasteiger partial charge in [0.05, 0.1) is 6.20 Å². The molecule has 0 radical (unpaired) electrons. The zero-order chi connectivity index (χ0) is 11.1. The van der Waals surface area contributed by atoms with E-state index >= 15 is 0 Å². The van der Waals surface area contributed by atoms with Crippen molar-refractivity contribution in [2.75, 3.05) is 13.2 Å². The molecule has 15 heavy (non-hydrogen) atoms. The molecule has 2 N–H and O–H groups in total. The van der Waals surface area contributed by atoms with Crippen LogP contribution in [0.1, 0.15) is 29.4 Å². The zero-order valence-corrected chi connectivity index (χ0v) is 9.46. The summed E-state index contributed by atoms with van der Waals surface area (Å²) in [6, 6.07) is 0. The fourth-order valence-corrected chi connectivity index (χ4v) is 1.53. The first-order valence-electron chi connectivity index (χ1n) is 4.90. The standard InChI is InChI=1S/C9H15N3O2S/c1-7(6-13)3-2-4-10-9(14)8-5-11-12-15-8/h5,7,13H,2-4,6H2,1H3,(H,10,14). The van der Waals surface area contributed by atoms with Crippen molar-refractivity contribution >= 4 is 17.4 Å². The van der Waals surface area contributed by atoms with Crippen LogP contribution in [0, 0.1) is 5.92 Å². The van der Waals surface area contributed by atoms with Crippen molar-refractivity contribution in [1.82, 2.24) is 14.9 Å². The second kappa shape index (κ2) is 6.47. The largest absolute Gasteiger partial charge is 0.396 e. The third kappa shape index (κ3) is 4.35. The molecule has 1 amide bonds. The minimum Gasteiger partial charge on any atom is -0.396 e. The monoisotopic (exact) mass is 229 g/mol. The summed E-state index contributed by atoms with van der Waals surface area (Å²) in [5.74, 6) is 0.175. The van der Waals surface area contributed by atoms with Crippen molar-refractivity contribution in [3.63, 3.8) is 0 Å². The number of rotatable bonds is 6. The molecule has 0 fully saturated rings. The van der Waals surface area contributed by atoms with Crippen LogP contribution in [0.15, 0.2) is 6.20 Å². The van der Waals surface area contributed by atoms with Crippen molar-refractivity contribution in [1.29, 1.82) is 0 Å². The van der Waals surface area contributed by atoms with E-state index in [4.69, 9.17) is 5.11 Å². The maximum Gasteiger partial charge on any atom is 0.264 e. The highest BCUT2D eigenvalue weighted by Crippen LogP contribution is 2.04. The minimum atomic E-state index is -0.123. The lowest BCUT2D eigenvalue weighted by Gasteiger charge is -2.07. The van der Waals surface area contributed by atoms with Crippen LogP contribution in [-0.4, -0.2) is 33.8 Å². The van der Waals surface area contributed by atoms with Crippen molar-refractivity contribution in [2.45, 2.75) is 19.8 Å². The number of hydrogen-bond acceptors (Lipinski definition) is 5. The molecule has 0 saturated heterocycles. The van der Waals surface area contributed by atoms with Crippen LogP contribution < -0.4 is 5.32 Å². The molecule has 1 atom stereocenters. The van der Waals surface area contributed by atoms with Crippen LogP contribution in [0.4, 0.5) is 0 Å². The Hall–Kier alpha value is -1.01. The van der Waals surface area contributed by atoms with Crippen molar-refractivity contribution in [2.24, 2.45) is 5.92 Å². The number of aliphatic hydroxyl groups is 1. The molecular formula is C9H15N3O2S. The van der Waals surface area contributed by atoms with Crippen LogP contribution in [0.2, 0.25) is 0 Å². The molecule has 1 unspecified atom stereocenters. The molecule has 6 heteroatoms. The number of carbonyl (C=O) groups excluding carboxylic acids is 1. The average Bonchev–Trinajstić information content (AvgIpc) is 2.77. The van der Waals surface area contributed by atoms with Gasteiger partial charge < -0.3 is 10.4 Å². The van der Waals surface area contributed by atoms with Gasteiger partial charge in [0.25, 0.3) is 5.91 Å². The lowest BCUT2D eigenvalue weighted by Crippen LogP contribution is -2.24. The number of hydrogen-bond donors (Lipinski definition) is 2. The number of amides is 1. The maximum atomic E-state index is 11.4. The SMILES string of the molecule is CC(CO)CCCNC(=O)c1cnns1. The van der Waals surface area contributed by atoms with E-state index in [2.05, 4.69) is 14.9 Å². The lowest BCUT2D eigenvalue weighted by atomic mass is 10.1. The molecule has 0 saturated carbocycles. The third-order valence-corrected chi connectivity index (χ3v) is 2.72. The van der Waals surface area contributed by atoms with Gasteiger partial charge in [0.15, 0.2) is 0 Å². The molecule has 5 nitrogen and oxygen atoms in total. The molecule has 1 aromatic rings. The second-order valence-corrected chi connectivity index (χ2v) is 4.25. The Morgan fingerprint density at radius 2 is 2.53 bits per heavy atom. The fraction of sp³-hybridized carbons (Fsp3) is 0.667. The number of aromatic nitrogens is 2. The van der Waals surface area contributed by atoms with Gasteiger partial charge in [-0.15, -0.1) is 5.10 Å². The summed E-state index contributed by atoms with van der Waals surface area (Å²) in [6.45, 7) is 2.81. The van der Waals surface area contributed by atoms with E-state index in [9.17, 15) is 4.79 Å². The topological polar surface area (TPSA) is 75.1 Å². The molecule has 0 spiro atoms. The second-order valence-electron chi connectivity index (χ2n) is 3.47. The van der Waals surface area contributed by atoms with E-state index in [0.29, 0.717) is 17.3 Å². The summed E-state index contributed by atoms with van der Waals surface area (Å²) in [7, 11) is 0. The molecule has 0 bridgehead atoms. The van der Waals surface area contributed by atoms with Gasteiger partial charge in [0, 0.05) is 13.2 Å². The summed E-state index contributed by atoms with van der Waals surface area (Å²) in [5.41, 5.74) is 0. The number of nitrogens with zero attached hydrogens (tertiary/aromatic N) is 2. The normalized spacial score (nSPS) is 12.4. The van der Waals surface area contributed by atoms with Gasteiger partial charge in [0.2, 0.25) is 0 Å². The molecule has 84 valence electrons. The predicted molar refractivity (Wildman–Crippen MR) is 57.7 cm³/mol. The first-order chi connectivity index (χ1) is 7.24. The summed E-state index contributed by atoms with van der Waals surface area (Å²) in [4.78, 5) is 11.9. The van der Waals surface area contributed by atoms with Gasteiger partial charge in [-0.3, -0.25) is 4.79 Å². The van der Waals surface area contributed by atoms with E-state index in [0.717, 1.165) is 24.4 Å². The zero-order valence-electron chi connectivity index (χ0n) is 8.64. The fourth-order valence-electron chi connectivity index (χ4n) is 1.10. The Morgan fingerprint density at radius 3 is 3.13 bits per heavy atom. The highest BCUT2D eigenvalue weighted by Gasteiger charge is 2.07. The lowest BCUT2D eigenvalue weighted by molar-refractivity contribution is 0.0956. The predicted octanol–water partition coefficient (Wildman–Crippen LogP) is 0.676.